The first-order valence-electron chi connectivity index (χ1n) is 26.1. The van der Waals surface area contributed by atoms with Gasteiger partial charge in [0.25, 0.3) is 0 Å². The smallest absolute Gasteiger partial charge is 0.0643 e. The van der Waals surface area contributed by atoms with Gasteiger partial charge in [-0.05, 0) is 12.2 Å². The van der Waals surface area contributed by atoms with Crippen LogP contribution in [0.25, 0.3) is 0 Å². The van der Waals surface area contributed by atoms with Crippen LogP contribution in [0, 0.1) is 0 Å². The number of carbonyl (C=O) groups excluding carboxylic acids is 2. The number of hydrogen-bond donors (Lipinski definition) is 0. The minimum Gasteiger partial charge on any atom is -0.545 e. The van der Waals surface area contributed by atoms with Gasteiger partial charge in [-0.2, -0.15) is 0 Å². The Bertz CT molecular complexity index is 664. The first-order chi connectivity index (χ1) is 28.3. The Morgan fingerprint density at radius 3 is 0.552 bits per heavy atom. The maximum absolute atomic E-state index is 9.41. The molecule has 4 nitrogen and oxygen atoms in total. The number of aliphatic carboxylic acids is 2. The van der Waals surface area contributed by atoms with E-state index in [1.807, 2.05) is 0 Å². The molecule has 0 atom stereocenters. The molecule has 0 heterocycles. The molecule has 344 valence electrons. The molecule has 58 heavy (non-hydrogen) atoms. The second-order valence-corrected chi connectivity index (χ2v) is 34.7. The van der Waals surface area contributed by atoms with E-state index in [1.165, 1.54) is 193 Å². The summed E-state index contributed by atoms with van der Waals surface area (Å²) in [6, 6.07) is 0. The van der Waals surface area contributed by atoms with Gasteiger partial charge in [-0.1, -0.05) is 0 Å². The topological polar surface area (TPSA) is 80.3 Å². The van der Waals surface area contributed by atoms with Crippen LogP contribution in [0.5, 0.6) is 0 Å². The minimum atomic E-state index is -1.55. The zero-order valence-corrected chi connectivity index (χ0v) is 46.2. The van der Waals surface area contributed by atoms with E-state index in [9.17, 15) is 19.8 Å². The number of hydrogen-bond acceptors (Lipinski definition) is 4. The van der Waals surface area contributed by atoms with Crippen LogP contribution in [-0.2, 0) is 9.59 Å². The molecule has 0 aliphatic heterocycles. The van der Waals surface area contributed by atoms with Crippen molar-refractivity contribution in [2.75, 3.05) is 0 Å². The van der Waals surface area contributed by atoms with Crippen LogP contribution in [0.3, 0.4) is 0 Å². The molecule has 0 rings (SSSR count). The second kappa shape index (κ2) is 57.3. The third kappa shape index (κ3) is 60.6. The normalized spacial score (nSPS) is 10.9. The maximum atomic E-state index is 9.41. The van der Waals surface area contributed by atoms with E-state index >= 15 is 0 Å². The van der Waals surface area contributed by atoms with Crippen LogP contribution >= 0.6 is 0 Å². The molecule has 0 saturated carbocycles. The van der Waals surface area contributed by atoms with Crippen molar-refractivity contribution in [2.24, 2.45) is 0 Å². The van der Waals surface area contributed by atoms with Gasteiger partial charge in [0.1, 0.15) is 0 Å². The van der Waals surface area contributed by atoms with Crippen molar-refractivity contribution in [2.45, 2.75) is 299 Å². The fourth-order valence-corrected chi connectivity index (χ4v) is 24.9. The molecule has 0 aromatic carbocycles. The molecule has 0 aliphatic carbocycles. The summed E-state index contributed by atoms with van der Waals surface area (Å²) >= 11 is -2.03. The van der Waals surface area contributed by atoms with Crippen molar-refractivity contribution in [1.29, 1.82) is 0 Å². The van der Waals surface area contributed by atoms with Crippen molar-refractivity contribution in [3.05, 3.63) is 12.2 Å². The zero-order chi connectivity index (χ0) is 43.4. The number of carbonyl (C=O) groups is 2. The van der Waals surface area contributed by atoms with Crippen molar-refractivity contribution < 1.29 is 19.8 Å². The van der Waals surface area contributed by atoms with Gasteiger partial charge in [0, 0.05) is 0 Å². The summed E-state index contributed by atoms with van der Waals surface area (Å²) in [5.41, 5.74) is 0. The Kier molecular flexibility index (Phi) is 61.8. The van der Waals surface area contributed by atoms with Crippen molar-refractivity contribution in [1.82, 2.24) is 0 Å². The Hall–Kier alpha value is 0.277. The van der Waals surface area contributed by atoms with Gasteiger partial charge >= 0.3 is 339 Å². The number of rotatable bonds is 44. The van der Waals surface area contributed by atoms with Gasteiger partial charge in [-0.15, -0.1) is 0 Å². The molecule has 0 aliphatic rings. The van der Waals surface area contributed by atoms with Crippen molar-refractivity contribution >= 4 is 51.5 Å². The molecule has 0 fully saturated rings. The molecule has 0 saturated heterocycles. The fourth-order valence-electron chi connectivity index (χ4n) is 7.82. The molecule has 0 unspecified atom stereocenters. The Balaban J connectivity index is -0.000000877. The molecule has 0 aromatic heterocycles. The summed E-state index contributed by atoms with van der Waals surface area (Å²) < 4.78 is 10.3. The van der Waals surface area contributed by atoms with Crippen molar-refractivity contribution in [3.63, 3.8) is 0 Å². The first kappa shape index (κ1) is 62.6. The molecular formula is C52H104O4Sn2. The molecule has 0 radical (unpaired) electrons. The summed E-state index contributed by atoms with van der Waals surface area (Å²) in [4.78, 5) is 18.8. The maximum Gasteiger partial charge on any atom is 0.0643 e. The Labute approximate surface area is 380 Å². The summed E-state index contributed by atoms with van der Waals surface area (Å²) in [6.45, 7) is 14.0. The number of carboxylic acid groups (broad SMARTS) is 2. The summed E-state index contributed by atoms with van der Waals surface area (Å²) in [5, 5.41) is 18.8. The van der Waals surface area contributed by atoms with E-state index in [0.717, 1.165) is 0 Å². The zero-order valence-electron chi connectivity index (χ0n) is 40.5. The summed E-state index contributed by atoms with van der Waals surface area (Å²) in [6.07, 6.45) is 54.6. The average molecular weight is 1030 g/mol. The molecule has 6 heteroatoms. The van der Waals surface area contributed by atoms with Crippen LogP contribution in [0.1, 0.15) is 273 Å². The molecule has 0 N–H and O–H groups in total. The standard InChI is InChI=1S/6C8H17.C4H4O4.2Sn/c6*1-3-5-7-8-6-4-2;5-3(6)1-2-4(7)8;;/h6*1,3-8H2,2H3;1-2H,(H,5,6)(H,7,8);;/q;;;;;;;2*+1/p-2. The van der Waals surface area contributed by atoms with Gasteiger partial charge in [0.15, 0.2) is 0 Å². The SMILES string of the molecule is CCCCCCC[CH2][Sn+]([CH2]CCCCCCC)[CH2]CCCCCCC.CCCCCCC[CH2][Sn+]([CH2]CCCCCCC)[CH2]CCCCCCC.O=C([O-])C=CC(=O)[O-]. The van der Waals surface area contributed by atoms with Crippen LogP contribution < -0.4 is 10.2 Å². The number of unbranched alkanes of at least 4 members (excludes halogenated alkanes) is 30. The van der Waals surface area contributed by atoms with Gasteiger partial charge in [-0.3, -0.25) is 0 Å². The Morgan fingerprint density at radius 2 is 0.414 bits per heavy atom. The Morgan fingerprint density at radius 1 is 0.276 bits per heavy atom. The largest absolute Gasteiger partial charge is 0.545 e. The van der Waals surface area contributed by atoms with E-state index in [2.05, 4.69) is 41.5 Å². The summed E-state index contributed by atoms with van der Waals surface area (Å²) in [5.74, 6) is -3.09. The molecule has 0 amide bonds. The summed E-state index contributed by atoms with van der Waals surface area (Å²) in [7, 11) is 0. The van der Waals surface area contributed by atoms with E-state index in [1.54, 1.807) is 65.1 Å². The van der Waals surface area contributed by atoms with Gasteiger partial charge in [-0.25, -0.2) is 0 Å². The molecule has 0 bridgehead atoms. The van der Waals surface area contributed by atoms with Crippen LogP contribution in [-0.4, -0.2) is 51.5 Å². The predicted octanol–water partition coefficient (Wildman–Crippen LogP) is 16.2. The van der Waals surface area contributed by atoms with E-state index in [-0.39, 0.29) is 0 Å². The first-order valence-corrected chi connectivity index (χ1v) is 38.2. The molecule has 0 spiro atoms. The monoisotopic (exact) mass is 1030 g/mol. The third-order valence-corrected chi connectivity index (χ3v) is 29.8. The second-order valence-electron chi connectivity index (χ2n) is 17.6. The molecular weight excluding hydrogens is 926 g/mol. The fraction of sp³-hybridized carbons (Fsp3) is 0.923. The van der Waals surface area contributed by atoms with Gasteiger partial charge in [0.05, 0.1) is 11.9 Å². The average Bonchev–Trinajstić information content (AvgIpc) is 3.21. The predicted molar refractivity (Wildman–Crippen MR) is 260 cm³/mol. The number of carboxylic acids is 2. The van der Waals surface area contributed by atoms with Crippen LogP contribution in [0.15, 0.2) is 12.2 Å². The van der Waals surface area contributed by atoms with E-state index in [0.29, 0.717) is 12.2 Å². The quantitative estimate of drug-likeness (QED) is 0.0346. The third-order valence-electron chi connectivity index (χ3n) is 11.7. The van der Waals surface area contributed by atoms with Gasteiger partial charge < -0.3 is 19.8 Å². The van der Waals surface area contributed by atoms with Gasteiger partial charge in [0.2, 0.25) is 0 Å². The minimum absolute atomic E-state index is 0.384. The van der Waals surface area contributed by atoms with Crippen LogP contribution in [0.2, 0.25) is 26.6 Å². The van der Waals surface area contributed by atoms with Crippen molar-refractivity contribution in [3.8, 4) is 0 Å². The van der Waals surface area contributed by atoms with Crippen LogP contribution in [0.4, 0.5) is 0 Å². The van der Waals surface area contributed by atoms with E-state index < -0.39 is 51.5 Å². The molecule has 0 aromatic rings. The van der Waals surface area contributed by atoms with E-state index in [4.69, 9.17) is 0 Å².